The predicted molar refractivity (Wildman–Crippen MR) is 99.6 cm³/mol. The summed E-state index contributed by atoms with van der Waals surface area (Å²) < 4.78 is 0. The highest BCUT2D eigenvalue weighted by Gasteiger charge is 2.32. The van der Waals surface area contributed by atoms with E-state index in [0.29, 0.717) is 10.0 Å². The first-order valence-electron chi connectivity index (χ1n) is 8.13. The Balaban J connectivity index is 1.56. The van der Waals surface area contributed by atoms with Crippen LogP contribution in [-0.4, -0.2) is 23.9 Å². The molecule has 0 saturated carbocycles. The zero-order valence-corrected chi connectivity index (χ0v) is 14.9. The maximum atomic E-state index is 12.6. The molecular weight excluding hydrogens is 343 g/mol. The average molecular weight is 363 g/mol. The lowest BCUT2D eigenvalue weighted by atomic mass is 9.98. The summed E-state index contributed by atoms with van der Waals surface area (Å²) in [4.78, 5) is 14.6. The first kappa shape index (κ1) is 17.1. The van der Waals surface area contributed by atoms with Gasteiger partial charge in [0.15, 0.2) is 0 Å². The molecule has 2 aromatic rings. The third-order valence-corrected chi connectivity index (χ3v) is 5.26. The lowest BCUT2D eigenvalue weighted by molar-refractivity contribution is -0.129. The second kappa shape index (κ2) is 7.45. The highest BCUT2D eigenvalue weighted by molar-refractivity contribution is 6.42. The van der Waals surface area contributed by atoms with Crippen LogP contribution in [-0.2, 0) is 11.2 Å². The molecule has 1 aliphatic rings. The van der Waals surface area contributed by atoms with E-state index in [2.05, 4.69) is 0 Å². The molecule has 1 aliphatic heterocycles. The minimum Gasteiger partial charge on any atom is -0.399 e. The van der Waals surface area contributed by atoms with Crippen LogP contribution in [0, 0.1) is 0 Å². The van der Waals surface area contributed by atoms with E-state index in [1.807, 2.05) is 41.3 Å². The first-order valence-corrected chi connectivity index (χ1v) is 8.88. The van der Waals surface area contributed by atoms with Gasteiger partial charge in [0.05, 0.1) is 16.0 Å². The second-order valence-electron chi connectivity index (χ2n) is 6.19. The Labute approximate surface area is 152 Å². The summed E-state index contributed by atoms with van der Waals surface area (Å²) in [6, 6.07) is 13.4. The van der Waals surface area contributed by atoms with Gasteiger partial charge in [-0.15, -0.1) is 0 Å². The number of anilines is 1. The molecule has 2 aromatic carbocycles. The van der Waals surface area contributed by atoms with E-state index in [1.54, 1.807) is 6.07 Å². The van der Waals surface area contributed by atoms with Gasteiger partial charge in [-0.25, -0.2) is 0 Å². The zero-order chi connectivity index (χ0) is 17.1. The number of halogens is 2. The Hall–Kier alpha value is -1.71. The van der Waals surface area contributed by atoms with Gasteiger partial charge in [-0.3, -0.25) is 4.79 Å². The van der Waals surface area contributed by atoms with E-state index in [4.69, 9.17) is 28.9 Å². The Morgan fingerprint density at radius 3 is 2.54 bits per heavy atom. The van der Waals surface area contributed by atoms with Crippen molar-refractivity contribution in [3.63, 3.8) is 0 Å². The molecule has 1 heterocycles. The molecule has 1 atom stereocenters. The van der Waals surface area contributed by atoms with Gasteiger partial charge in [0, 0.05) is 18.8 Å². The minimum absolute atomic E-state index is 0.101. The Kier molecular flexibility index (Phi) is 5.32. The van der Waals surface area contributed by atoms with Crippen molar-refractivity contribution >= 4 is 34.8 Å². The van der Waals surface area contributed by atoms with Crippen LogP contribution in [0.5, 0.6) is 0 Å². The van der Waals surface area contributed by atoms with E-state index < -0.39 is 0 Å². The van der Waals surface area contributed by atoms with Crippen LogP contribution in [0.2, 0.25) is 10.0 Å². The van der Waals surface area contributed by atoms with Crippen LogP contribution in [0.4, 0.5) is 5.69 Å². The molecule has 1 saturated heterocycles. The van der Waals surface area contributed by atoms with Gasteiger partial charge in [0.25, 0.3) is 0 Å². The van der Waals surface area contributed by atoms with E-state index >= 15 is 0 Å². The number of hydrogen-bond donors (Lipinski definition) is 1. The number of carbonyl (C=O) groups excluding carboxylic acids is 1. The molecule has 1 fully saturated rings. The number of carbonyl (C=O) groups is 1. The molecule has 0 aromatic heterocycles. The highest BCUT2D eigenvalue weighted by atomic mass is 35.5. The summed E-state index contributed by atoms with van der Waals surface area (Å²) in [5.41, 5.74) is 8.67. The van der Waals surface area contributed by atoms with Crippen molar-refractivity contribution in [2.75, 3.05) is 18.8 Å². The van der Waals surface area contributed by atoms with Gasteiger partial charge in [-0.05, 0) is 54.7 Å². The number of amides is 1. The summed E-state index contributed by atoms with van der Waals surface area (Å²) in [6.45, 7) is 1.58. The van der Waals surface area contributed by atoms with Crippen LogP contribution >= 0.6 is 23.2 Å². The fraction of sp³-hybridized carbons (Fsp3) is 0.316. The van der Waals surface area contributed by atoms with Crippen LogP contribution in [0.1, 0.15) is 29.9 Å². The molecule has 0 aliphatic carbocycles. The third kappa shape index (κ3) is 3.85. The molecule has 3 nitrogen and oxygen atoms in total. The Bertz CT molecular complexity index is 731. The molecule has 24 heavy (non-hydrogen) atoms. The minimum atomic E-state index is -0.101. The molecule has 2 N–H and O–H groups in total. The fourth-order valence-electron chi connectivity index (χ4n) is 3.16. The normalized spacial score (nSPS) is 17.5. The summed E-state index contributed by atoms with van der Waals surface area (Å²) in [5.74, 6) is 0.0852. The molecule has 0 bridgehead atoms. The number of nitrogen functional groups attached to an aromatic ring is 1. The molecule has 1 amide bonds. The standard InChI is InChI=1S/C19H20Cl2N2O/c20-17-8-5-14(12-18(17)21)16-9-11-23(19(16)24)10-1-2-13-3-6-15(22)7-4-13/h3-8,12,16H,1-2,9-11,22H2. The first-order chi connectivity index (χ1) is 11.5. The summed E-state index contributed by atoms with van der Waals surface area (Å²) >= 11 is 12.0. The second-order valence-corrected chi connectivity index (χ2v) is 7.00. The molecule has 1 unspecified atom stereocenters. The average Bonchev–Trinajstić information content (AvgIpc) is 2.93. The number of likely N-dealkylation sites (tertiary alicyclic amines) is 1. The van der Waals surface area contributed by atoms with E-state index in [0.717, 1.165) is 43.6 Å². The third-order valence-electron chi connectivity index (χ3n) is 4.52. The number of hydrogen-bond acceptors (Lipinski definition) is 2. The van der Waals surface area contributed by atoms with E-state index in [-0.39, 0.29) is 11.8 Å². The number of benzene rings is 2. The van der Waals surface area contributed by atoms with Gasteiger partial charge in [-0.1, -0.05) is 41.4 Å². The summed E-state index contributed by atoms with van der Waals surface area (Å²) in [6.07, 6.45) is 2.73. The van der Waals surface area contributed by atoms with E-state index in [9.17, 15) is 4.79 Å². The highest BCUT2D eigenvalue weighted by Crippen LogP contribution is 2.32. The van der Waals surface area contributed by atoms with Crippen LogP contribution in [0.15, 0.2) is 42.5 Å². The van der Waals surface area contributed by atoms with Crippen molar-refractivity contribution in [3.05, 3.63) is 63.6 Å². The van der Waals surface area contributed by atoms with Gasteiger partial charge in [0.2, 0.25) is 5.91 Å². The van der Waals surface area contributed by atoms with Crippen molar-refractivity contribution in [2.24, 2.45) is 0 Å². The molecule has 0 radical (unpaired) electrons. The quantitative estimate of drug-likeness (QED) is 0.794. The predicted octanol–water partition coefficient (Wildman–Crippen LogP) is 4.52. The van der Waals surface area contributed by atoms with Gasteiger partial charge in [-0.2, -0.15) is 0 Å². The Morgan fingerprint density at radius 2 is 1.83 bits per heavy atom. The van der Waals surface area contributed by atoms with Gasteiger partial charge in [0.1, 0.15) is 0 Å². The number of aryl methyl sites for hydroxylation is 1. The largest absolute Gasteiger partial charge is 0.399 e. The number of rotatable bonds is 5. The summed E-state index contributed by atoms with van der Waals surface area (Å²) in [7, 11) is 0. The van der Waals surface area contributed by atoms with Gasteiger partial charge < -0.3 is 10.6 Å². The van der Waals surface area contributed by atoms with Gasteiger partial charge >= 0.3 is 0 Å². The number of nitrogens with two attached hydrogens (primary N) is 1. The zero-order valence-electron chi connectivity index (χ0n) is 13.3. The van der Waals surface area contributed by atoms with Crippen molar-refractivity contribution in [1.29, 1.82) is 0 Å². The molecule has 3 rings (SSSR count). The fourth-order valence-corrected chi connectivity index (χ4v) is 3.46. The van der Waals surface area contributed by atoms with Crippen LogP contribution in [0.3, 0.4) is 0 Å². The van der Waals surface area contributed by atoms with Crippen molar-refractivity contribution in [3.8, 4) is 0 Å². The van der Waals surface area contributed by atoms with Crippen molar-refractivity contribution in [2.45, 2.75) is 25.2 Å². The van der Waals surface area contributed by atoms with Crippen LogP contribution in [0.25, 0.3) is 0 Å². The molecule has 0 spiro atoms. The maximum Gasteiger partial charge on any atom is 0.230 e. The topological polar surface area (TPSA) is 46.3 Å². The number of nitrogens with zero attached hydrogens (tertiary/aromatic N) is 1. The van der Waals surface area contributed by atoms with Crippen molar-refractivity contribution in [1.82, 2.24) is 4.90 Å². The maximum absolute atomic E-state index is 12.6. The molecular formula is C19H20Cl2N2O. The van der Waals surface area contributed by atoms with E-state index in [1.165, 1.54) is 5.56 Å². The lowest BCUT2D eigenvalue weighted by Crippen LogP contribution is -2.28. The van der Waals surface area contributed by atoms with Crippen LogP contribution < -0.4 is 5.73 Å². The SMILES string of the molecule is Nc1ccc(CCCN2CCC(c3ccc(Cl)c(Cl)c3)C2=O)cc1. The smallest absolute Gasteiger partial charge is 0.230 e. The summed E-state index contributed by atoms with van der Waals surface area (Å²) in [5, 5.41) is 1.02. The monoisotopic (exact) mass is 362 g/mol. The molecule has 5 heteroatoms. The Morgan fingerprint density at radius 1 is 1.08 bits per heavy atom. The lowest BCUT2D eigenvalue weighted by Gasteiger charge is -2.17. The van der Waals surface area contributed by atoms with Crippen molar-refractivity contribution < 1.29 is 4.79 Å². The molecule has 126 valence electrons.